The number of carbonyl (C=O) groups is 1. The van der Waals surface area contributed by atoms with Gasteiger partial charge in [-0.3, -0.25) is 9.78 Å². The summed E-state index contributed by atoms with van der Waals surface area (Å²) in [6.45, 7) is 0. The topological polar surface area (TPSA) is 56.0 Å². The normalized spacial score (nSPS) is 9.87. The molecule has 74 valence electrons. The number of nitrogens with zero attached hydrogens (tertiary/aromatic N) is 1. The molecule has 15 heavy (non-hydrogen) atoms. The molecule has 2 aromatic rings. The highest BCUT2D eigenvalue weighted by molar-refractivity contribution is 6.11. The first-order chi connectivity index (χ1) is 7.29. The van der Waals surface area contributed by atoms with Crippen LogP contribution < -0.4 is 5.73 Å². The molecule has 0 aliphatic heterocycles. The second kappa shape index (κ2) is 3.92. The number of ketones is 1. The van der Waals surface area contributed by atoms with E-state index in [0.29, 0.717) is 16.8 Å². The van der Waals surface area contributed by atoms with Crippen molar-refractivity contribution in [2.45, 2.75) is 0 Å². The number of nitrogens with two attached hydrogens (primary N) is 1. The number of hydrogen-bond acceptors (Lipinski definition) is 3. The fourth-order valence-corrected chi connectivity index (χ4v) is 1.36. The number of nitrogen functional groups attached to an aromatic ring is 1. The predicted octanol–water partition coefficient (Wildman–Crippen LogP) is 1.89. The van der Waals surface area contributed by atoms with E-state index in [1.807, 2.05) is 0 Å². The number of benzene rings is 1. The molecule has 2 N–H and O–H groups in total. The SMILES string of the molecule is Nc1ccccc1C(=O)c1cccnc1. The predicted molar refractivity (Wildman–Crippen MR) is 58.5 cm³/mol. The van der Waals surface area contributed by atoms with Crippen molar-refractivity contribution in [3.8, 4) is 0 Å². The largest absolute Gasteiger partial charge is 0.398 e. The minimum atomic E-state index is -0.0961. The van der Waals surface area contributed by atoms with Gasteiger partial charge in [0.2, 0.25) is 0 Å². The molecule has 2 rings (SSSR count). The van der Waals surface area contributed by atoms with Crippen LogP contribution in [0.3, 0.4) is 0 Å². The molecular formula is C12H10N2O. The molecule has 1 aromatic heterocycles. The Labute approximate surface area is 87.6 Å². The smallest absolute Gasteiger partial charge is 0.196 e. The van der Waals surface area contributed by atoms with Crippen LogP contribution in [0.25, 0.3) is 0 Å². The van der Waals surface area contributed by atoms with E-state index in [2.05, 4.69) is 4.98 Å². The quantitative estimate of drug-likeness (QED) is 0.592. The zero-order valence-corrected chi connectivity index (χ0v) is 8.05. The maximum Gasteiger partial charge on any atom is 0.196 e. The molecule has 0 aliphatic rings. The van der Waals surface area contributed by atoms with E-state index < -0.39 is 0 Å². The Hall–Kier alpha value is -2.16. The van der Waals surface area contributed by atoms with Crippen LogP contribution in [-0.2, 0) is 0 Å². The van der Waals surface area contributed by atoms with Gasteiger partial charge >= 0.3 is 0 Å². The van der Waals surface area contributed by atoms with Crippen molar-refractivity contribution < 1.29 is 4.79 Å². The van der Waals surface area contributed by atoms with Gasteiger partial charge in [0.15, 0.2) is 5.78 Å². The van der Waals surface area contributed by atoms with Crippen LogP contribution >= 0.6 is 0 Å². The van der Waals surface area contributed by atoms with Crippen molar-refractivity contribution in [1.82, 2.24) is 4.98 Å². The Morgan fingerprint density at radius 1 is 1.13 bits per heavy atom. The third-order valence-corrected chi connectivity index (χ3v) is 2.13. The molecule has 0 aliphatic carbocycles. The first-order valence-electron chi connectivity index (χ1n) is 4.58. The number of hydrogen-bond donors (Lipinski definition) is 1. The zero-order valence-electron chi connectivity index (χ0n) is 8.05. The summed E-state index contributed by atoms with van der Waals surface area (Å²) in [5.74, 6) is -0.0961. The zero-order chi connectivity index (χ0) is 10.7. The van der Waals surface area contributed by atoms with E-state index in [1.54, 1.807) is 42.6 Å². The lowest BCUT2D eigenvalue weighted by Gasteiger charge is -2.03. The van der Waals surface area contributed by atoms with Crippen molar-refractivity contribution >= 4 is 11.5 Å². The summed E-state index contributed by atoms with van der Waals surface area (Å²) in [7, 11) is 0. The van der Waals surface area contributed by atoms with E-state index >= 15 is 0 Å². The van der Waals surface area contributed by atoms with Crippen molar-refractivity contribution in [2.75, 3.05) is 5.73 Å². The average molecular weight is 198 g/mol. The number of pyridine rings is 1. The standard InChI is InChI=1S/C12H10N2O/c13-11-6-2-1-5-10(11)12(15)9-4-3-7-14-8-9/h1-8H,13H2. The monoisotopic (exact) mass is 198 g/mol. The Bertz CT molecular complexity index is 480. The summed E-state index contributed by atoms with van der Waals surface area (Å²) in [5, 5.41) is 0. The molecule has 0 spiro atoms. The summed E-state index contributed by atoms with van der Waals surface area (Å²) in [4.78, 5) is 15.8. The first-order valence-corrected chi connectivity index (χ1v) is 4.58. The highest BCUT2D eigenvalue weighted by Gasteiger charge is 2.10. The third-order valence-electron chi connectivity index (χ3n) is 2.13. The molecule has 0 amide bonds. The Morgan fingerprint density at radius 3 is 2.60 bits per heavy atom. The second-order valence-corrected chi connectivity index (χ2v) is 3.16. The molecule has 0 saturated carbocycles. The van der Waals surface area contributed by atoms with E-state index in [4.69, 9.17) is 5.73 Å². The van der Waals surface area contributed by atoms with Crippen LogP contribution in [-0.4, -0.2) is 10.8 Å². The van der Waals surface area contributed by atoms with Gasteiger partial charge in [0.25, 0.3) is 0 Å². The highest BCUT2D eigenvalue weighted by atomic mass is 16.1. The van der Waals surface area contributed by atoms with Gasteiger partial charge in [0.1, 0.15) is 0 Å². The van der Waals surface area contributed by atoms with E-state index in [9.17, 15) is 4.79 Å². The van der Waals surface area contributed by atoms with E-state index in [-0.39, 0.29) is 5.78 Å². The number of anilines is 1. The maximum absolute atomic E-state index is 11.9. The summed E-state index contributed by atoms with van der Waals surface area (Å²) in [6.07, 6.45) is 3.17. The van der Waals surface area contributed by atoms with E-state index in [0.717, 1.165) is 0 Å². The summed E-state index contributed by atoms with van der Waals surface area (Å²) >= 11 is 0. The lowest BCUT2D eigenvalue weighted by Crippen LogP contribution is -2.05. The molecule has 0 radical (unpaired) electrons. The van der Waals surface area contributed by atoms with Crippen LogP contribution in [0.15, 0.2) is 48.8 Å². The summed E-state index contributed by atoms with van der Waals surface area (Å²) in [5.41, 5.74) is 7.28. The Kier molecular flexibility index (Phi) is 2.46. The van der Waals surface area contributed by atoms with Crippen molar-refractivity contribution in [2.24, 2.45) is 0 Å². The Morgan fingerprint density at radius 2 is 1.93 bits per heavy atom. The van der Waals surface area contributed by atoms with Gasteiger partial charge in [0, 0.05) is 29.2 Å². The Balaban J connectivity index is 2.42. The summed E-state index contributed by atoms with van der Waals surface area (Å²) < 4.78 is 0. The molecule has 3 heteroatoms. The molecule has 0 fully saturated rings. The van der Waals surface area contributed by atoms with Gasteiger partial charge in [-0.05, 0) is 24.3 Å². The van der Waals surface area contributed by atoms with Crippen LogP contribution in [0.1, 0.15) is 15.9 Å². The fourth-order valence-electron chi connectivity index (χ4n) is 1.36. The minimum absolute atomic E-state index is 0.0961. The highest BCUT2D eigenvalue weighted by Crippen LogP contribution is 2.15. The van der Waals surface area contributed by atoms with Crippen molar-refractivity contribution in [1.29, 1.82) is 0 Å². The van der Waals surface area contributed by atoms with Gasteiger partial charge in [-0.25, -0.2) is 0 Å². The molecule has 0 unspecified atom stereocenters. The van der Waals surface area contributed by atoms with Gasteiger partial charge in [-0.1, -0.05) is 12.1 Å². The average Bonchev–Trinajstić information content (AvgIpc) is 2.30. The number of rotatable bonds is 2. The van der Waals surface area contributed by atoms with Gasteiger partial charge in [-0.2, -0.15) is 0 Å². The van der Waals surface area contributed by atoms with Gasteiger partial charge in [-0.15, -0.1) is 0 Å². The fraction of sp³-hybridized carbons (Fsp3) is 0. The molecule has 1 aromatic carbocycles. The molecular weight excluding hydrogens is 188 g/mol. The minimum Gasteiger partial charge on any atom is -0.398 e. The summed E-state index contributed by atoms with van der Waals surface area (Å²) in [6, 6.07) is 10.5. The van der Waals surface area contributed by atoms with Crippen LogP contribution in [0, 0.1) is 0 Å². The van der Waals surface area contributed by atoms with E-state index in [1.165, 1.54) is 6.20 Å². The third kappa shape index (κ3) is 1.86. The number of carbonyl (C=O) groups excluding carboxylic acids is 1. The lowest BCUT2D eigenvalue weighted by molar-refractivity contribution is 0.103. The van der Waals surface area contributed by atoms with Crippen LogP contribution in [0.2, 0.25) is 0 Å². The maximum atomic E-state index is 11.9. The van der Waals surface area contributed by atoms with Crippen molar-refractivity contribution in [3.63, 3.8) is 0 Å². The molecule has 0 saturated heterocycles. The first kappa shape index (κ1) is 9.40. The second-order valence-electron chi connectivity index (χ2n) is 3.16. The molecule has 0 atom stereocenters. The number of para-hydroxylation sites is 1. The molecule has 1 heterocycles. The molecule has 0 bridgehead atoms. The number of aromatic nitrogens is 1. The van der Waals surface area contributed by atoms with Crippen LogP contribution in [0.4, 0.5) is 5.69 Å². The van der Waals surface area contributed by atoms with Crippen molar-refractivity contribution in [3.05, 3.63) is 59.9 Å². The van der Waals surface area contributed by atoms with Crippen LogP contribution in [0.5, 0.6) is 0 Å². The van der Waals surface area contributed by atoms with Gasteiger partial charge < -0.3 is 5.73 Å². The molecule has 3 nitrogen and oxygen atoms in total. The lowest BCUT2D eigenvalue weighted by atomic mass is 10.0. The van der Waals surface area contributed by atoms with Gasteiger partial charge in [0.05, 0.1) is 0 Å².